The monoisotopic (exact) mass is 241 g/mol. The Labute approximate surface area is 106 Å². The lowest BCUT2D eigenvalue weighted by molar-refractivity contribution is 0.662. The minimum absolute atomic E-state index is 0.592. The number of nitrogens with zero attached hydrogens (tertiary/aromatic N) is 1. The average molecular weight is 241 g/mol. The molecule has 3 aliphatic rings. The zero-order valence-corrected chi connectivity index (χ0v) is 10.5. The summed E-state index contributed by atoms with van der Waals surface area (Å²) >= 11 is 2.15. The van der Waals surface area contributed by atoms with Crippen molar-refractivity contribution < 1.29 is 0 Å². The molecule has 2 atom stereocenters. The number of para-hydroxylation sites is 1. The molecule has 1 aromatic carbocycles. The lowest BCUT2D eigenvalue weighted by Gasteiger charge is -2.31. The van der Waals surface area contributed by atoms with Crippen molar-refractivity contribution in [3.63, 3.8) is 0 Å². The van der Waals surface area contributed by atoms with Crippen molar-refractivity contribution in [2.24, 2.45) is 10.9 Å². The summed E-state index contributed by atoms with van der Waals surface area (Å²) in [5.74, 6) is 1.91. The van der Waals surface area contributed by atoms with Gasteiger partial charge >= 0.3 is 0 Å². The van der Waals surface area contributed by atoms with E-state index >= 15 is 0 Å². The fraction of sp³-hybridized carbons (Fsp3) is 0.400. The number of thioether (sulfide) groups is 1. The number of benzene rings is 1. The molecule has 0 N–H and O–H groups in total. The van der Waals surface area contributed by atoms with Crippen LogP contribution in [0.4, 0.5) is 5.69 Å². The highest BCUT2D eigenvalue weighted by atomic mass is 32.2. The van der Waals surface area contributed by atoms with Crippen molar-refractivity contribution >= 4 is 29.2 Å². The van der Waals surface area contributed by atoms with Gasteiger partial charge in [0.15, 0.2) is 0 Å². The van der Waals surface area contributed by atoms with E-state index in [0.29, 0.717) is 5.92 Å². The SMILES string of the molecule is C1=Nc2ccccc2C2=C3CCSC3CCC12. The van der Waals surface area contributed by atoms with Gasteiger partial charge in [0.05, 0.1) is 5.69 Å². The molecule has 0 aromatic heterocycles. The van der Waals surface area contributed by atoms with Gasteiger partial charge in [-0.1, -0.05) is 23.8 Å². The third-order valence-corrected chi connectivity index (χ3v) is 5.49. The van der Waals surface area contributed by atoms with Crippen LogP contribution in [0, 0.1) is 5.92 Å². The van der Waals surface area contributed by atoms with E-state index in [4.69, 9.17) is 0 Å². The first-order valence-electron chi connectivity index (χ1n) is 6.41. The Bertz CT molecular complexity index is 529. The Hall–Kier alpha value is -1.02. The molecule has 1 saturated heterocycles. The van der Waals surface area contributed by atoms with E-state index in [2.05, 4.69) is 47.2 Å². The number of rotatable bonds is 0. The standard InChI is InChI=1S/C15H15NS/c1-2-4-13-11(3-1)15-10(9-16-13)5-6-14-12(15)7-8-17-14/h1-4,9-10,14H,5-8H2. The maximum absolute atomic E-state index is 4.63. The number of aliphatic imine (C=N–C) groups is 1. The Morgan fingerprint density at radius 2 is 2.12 bits per heavy atom. The summed E-state index contributed by atoms with van der Waals surface area (Å²) in [5.41, 5.74) is 5.92. The van der Waals surface area contributed by atoms with Crippen LogP contribution in [-0.2, 0) is 0 Å². The van der Waals surface area contributed by atoms with E-state index in [1.807, 2.05) is 0 Å². The summed E-state index contributed by atoms with van der Waals surface area (Å²) < 4.78 is 0. The molecular formula is C15H15NS. The van der Waals surface area contributed by atoms with Crippen molar-refractivity contribution in [3.8, 4) is 0 Å². The Morgan fingerprint density at radius 3 is 3.12 bits per heavy atom. The quantitative estimate of drug-likeness (QED) is 0.667. The van der Waals surface area contributed by atoms with E-state index in [9.17, 15) is 0 Å². The predicted octanol–water partition coefficient (Wildman–Crippen LogP) is 4.07. The first kappa shape index (κ1) is 9.95. The van der Waals surface area contributed by atoms with Crippen molar-refractivity contribution in [2.45, 2.75) is 24.5 Å². The van der Waals surface area contributed by atoms with Crippen LogP contribution in [0.3, 0.4) is 0 Å². The molecule has 0 spiro atoms. The zero-order valence-electron chi connectivity index (χ0n) is 9.73. The van der Waals surface area contributed by atoms with Gasteiger partial charge in [-0.25, -0.2) is 0 Å². The lowest BCUT2D eigenvalue weighted by atomic mass is 9.77. The van der Waals surface area contributed by atoms with Crippen LogP contribution in [0.15, 0.2) is 34.8 Å². The number of fused-ring (bicyclic) bond motifs is 4. The third kappa shape index (κ3) is 1.43. The normalized spacial score (nSPS) is 29.9. The lowest BCUT2D eigenvalue weighted by Crippen LogP contribution is -2.20. The minimum Gasteiger partial charge on any atom is -0.260 e. The van der Waals surface area contributed by atoms with Crippen molar-refractivity contribution in [3.05, 3.63) is 35.4 Å². The van der Waals surface area contributed by atoms with Crippen LogP contribution in [0.2, 0.25) is 0 Å². The molecule has 1 nitrogen and oxygen atoms in total. The van der Waals surface area contributed by atoms with Crippen LogP contribution in [-0.4, -0.2) is 17.2 Å². The number of hydrogen-bond acceptors (Lipinski definition) is 2. The molecule has 4 rings (SSSR count). The molecule has 1 aromatic rings. The second-order valence-electron chi connectivity index (χ2n) is 5.03. The molecule has 2 heterocycles. The van der Waals surface area contributed by atoms with E-state index in [-0.39, 0.29) is 0 Å². The van der Waals surface area contributed by atoms with Gasteiger partial charge in [0.2, 0.25) is 0 Å². The molecule has 0 amide bonds. The number of hydrogen-bond donors (Lipinski definition) is 0. The molecule has 17 heavy (non-hydrogen) atoms. The van der Waals surface area contributed by atoms with E-state index in [1.54, 1.807) is 11.1 Å². The molecule has 2 unspecified atom stereocenters. The van der Waals surface area contributed by atoms with Gasteiger partial charge in [-0.15, -0.1) is 0 Å². The third-order valence-electron chi connectivity index (χ3n) is 4.12. The first-order valence-corrected chi connectivity index (χ1v) is 7.46. The summed E-state index contributed by atoms with van der Waals surface area (Å²) in [6.45, 7) is 0. The highest BCUT2D eigenvalue weighted by Gasteiger charge is 2.34. The molecule has 0 radical (unpaired) electrons. The summed E-state index contributed by atoms with van der Waals surface area (Å²) in [5, 5.41) is 0.806. The van der Waals surface area contributed by atoms with Crippen LogP contribution in [0.1, 0.15) is 24.8 Å². The van der Waals surface area contributed by atoms with E-state index in [1.165, 1.54) is 36.3 Å². The fourth-order valence-corrected chi connectivity index (χ4v) is 4.73. The second-order valence-corrected chi connectivity index (χ2v) is 6.34. The van der Waals surface area contributed by atoms with Crippen LogP contribution in [0.5, 0.6) is 0 Å². The van der Waals surface area contributed by atoms with E-state index in [0.717, 1.165) is 5.25 Å². The highest BCUT2D eigenvalue weighted by molar-refractivity contribution is 8.00. The van der Waals surface area contributed by atoms with Crippen molar-refractivity contribution in [1.29, 1.82) is 0 Å². The molecule has 2 aliphatic heterocycles. The van der Waals surface area contributed by atoms with Gasteiger partial charge in [-0.3, -0.25) is 4.99 Å². The van der Waals surface area contributed by atoms with Crippen LogP contribution < -0.4 is 0 Å². The van der Waals surface area contributed by atoms with Gasteiger partial charge in [-0.05, 0) is 36.7 Å². The molecule has 0 bridgehead atoms. The average Bonchev–Trinajstić information content (AvgIpc) is 2.86. The number of allylic oxidation sites excluding steroid dienone is 1. The largest absolute Gasteiger partial charge is 0.260 e. The van der Waals surface area contributed by atoms with Crippen LogP contribution in [0.25, 0.3) is 5.57 Å². The highest BCUT2D eigenvalue weighted by Crippen LogP contribution is 2.49. The second kappa shape index (κ2) is 3.74. The minimum atomic E-state index is 0.592. The van der Waals surface area contributed by atoms with Gasteiger partial charge in [0.25, 0.3) is 0 Å². The zero-order chi connectivity index (χ0) is 11.2. The maximum Gasteiger partial charge on any atom is 0.0701 e. The van der Waals surface area contributed by atoms with Crippen molar-refractivity contribution in [1.82, 2.24) is 0 Å². The molecule has 86 valence electrons. The summed E-state index contributed by atoms with van der Waals surface area (Å²) in [6, 6.07) is 8.63. The summed E-state index contributed by atoms with van der Waals surface area (Å²) in [7, 11) is 0. The maximum atomic E-state index is 4.63. The van der Waals surface area contributed by atoms with Gasteiger partial charge in [0, 0.05) is 22.9 Å². The molecule has 1 aliphatic carbocycles. The van der Waals surface area contributed by atoms with Gasteiger partial charge in [-0.2, -0.15) is 11.8 Å². The molecule has 2 heteroatoms. The predicted molar refractivity (Wildman–Crippen MR) is 75.1 cm³/mol. The van der Waals surface area contributed by atoms with Gasteiger partial charge in [0.1, 0.15) is 0 Å². The molecule has 1 fully saturated rings. The smallest absolute Gasteiger partial charge is 0.0701 e. The Balaban J connectivity index is 1.96. The Morgan fingerprint density at radius 1 is 1.18 bits per heavy atom. The summed E-state index contributed by atoms with van der Waals surface area (Å²) in [4.78, 5) is 4.63. The van der Waals surface area contributed by atoms with Crippen LogP contribution >= 0.6 is 11.8 Å². The summed E-state index contributed by atoms with van der Waals surface area (Å²) in [6.07, 6.45) is 6.11. The Kier molecular flexibility index (Phi) is 2.19. The molecule has 0 saturated carbocycles. The van der Waals surface area contributed by atoms with E-state index < -0.39 is 0 Å². The first-order chi connectivity index (χ1) is 8.43. The van der Waals surface area contributed by atoms with Crippen molar-refractivity contribution in [2.75, 3.05) is 5.75 Å². The topological polar surface area (TPSA) is 12.4 Å². The fourth-order valence-electron chi connectivity index (χ4n) is 3.36. The molecular weight excluding hydrogens is 226 g/mol. The van der Waals surface area contributed by atoms with Gasteiger partial charge < -0.3 is 0 Å².